The van der Waals surface area contributed by atoms with Gasteiger partial charge in [0.2, 0.25) is 0 Å². The first-order valence-electron chi connectivity index (χ1n) is 5.50. The Morgan fingerprint density at radius 1 is 1.44 bits per heavy atom. The topological polar surface area (TPSA) is 61.8 Å². The molecule has 0 aromatic carbocycles. The third-order valence-electron chi connectivity index (χ3n) is 1.72. The fourth-order valence-electron chi connectivity index (χ4n) is 1.17. The van der Waals surface area contributed by atoms with Crippen molar-refractivity contribution >= 4 is 6.09 Å². The number of carbonyl (C=O) groups excluding carboxylic acids is 1. The molecule has 0 aliphatic heterocycles. The number of hydrogen-bond acceptors (Lipinski definition) is 4. The molecular weight excluding hydrogens is 208 g/mol. The van der Waals surface area contributed by atoms with Gasteiger partial charge in [0.25, 0.3) is 0 Å². The third-order valence-corrected chi connectivity index (χ3v) is 1.72. The van der Waals surface area contributed by atoms with Gasteiger partial charge in [-0.15, -0.1) is 0 Å². The van der Waals surface area contributed by atoms with Gasteiger partial charge in [0.1, 0.15) is 5.60 Å². The number of alkyl carbamates (subject to hydrolysis) is 1. The number of likely N-dealkylation sites (N-methyl/N-ethyl adjacent to an activating group) is 1. The summed E-state index contributed by atoms with van der Waals surface area (Å²) in [6.45, 7) is 6.45. The van der Waals surface area contributed by atoms with Crippen LogP contribution in [0.5, 0.6) is 0 Å². The van der Waals surface area contributed by atoms with Crippen LogP contribution in [0.3, 0.4) is 0 Å². The van der Waals surface area contributed by atoms with Gasteiger partial charge in [-0.05, 0) is 41.3 Å². The normalized spacial score (nSPS) is 13.7. The molecule has 0 fully saturated rings. The molecule has 1 atom stereocenters. The lowest BCUT2D eigenvalue weighted by Crippen LogP contribution is -2.35. The van der Waals surface area contributed by atoms with E-state index in [1.165, 1.54) is 0 Å². The Morgan fingerprint density at radius 2 is 2.00 bits per heavy atom. The molecule has 96 valence electrons. The smallest absolute Gasteiger partial charge is 0.407 e. The first-order valence-corrected chi connectivity index (χ1v) is 5.50. The molecule has 5 heteroatoms. The van der Waals surface area contributed by atoms with Crippen molar-refractivity contribution in [2.75, 3.05) is 27.2 Å². The predicted octanol–water partition coefficient (Wildman–Crippen LogP) is 0.824. The molecule has 0 aliphatic carbocycles. The highest BCUT2D eigenvalue weighted by Crippen LogP contribution is 2.06. The Balaban J connectivity index is 3.62. The molecule has 0 aromatic heterocycles. The highest BCUT2D eigenvalue weighted by Gasteiger charge is 2.15. The minimum Gasteiger partial charge on any atom is -0.444 e. The lowest BCUT2D eigenvalue weighted by atomic mass is 10.2. The van der Waals surface area contributed by atoms with Gasteiger partial charge in [0.15, 0.2) is 0 Å². The van der Waals surface area contributed by atoms with E-state index in [1.807, 2.05) is 39.8 Å². The highest BCUT2D eigenvalue weighted by atomic mass is 16.6. The summed E-state index contributed by atoms with van der Waals surface area (Å²) >= 11 is 0. The quantitative estimate of drug-likeness (QED) is 0.737. The van der Waals surface area contributed by atoms with Crippen LogP contribution >= 0.6 is 0 Å². The second-order valence-electron chi connectivity index (χ2n) is 5.13. The van der Waals surface area contributed by atoms with Crippen LogP contribution in [-0.4, -0.2) is 55.0 Å². The van der Waals surface area contributed by atoms with Gasteiger partial charge in [0.05, 0.1) is 6.10 Å². The summed E-state index contributed by atoms with van der Waals surface area (Å²) < 4.78 is 5.06. The summed E-state index contributed by atoms with van der Waals surface area (Å²) in [4.78, 5) is 13.1. The van der Waals surface area contributed by atoms with Gasteiger partial charge in [-0.1, -0.05) is 0 Å². The van der Waals surface area contributed by atoms with Crippen molar-refractivity contribution in [3.05, 3.63) is 0 Å². The second kappa shape index (κ2) is 6.70. The van der Waals surface area contributed by atoms with Crippen molar-refractivity contribution in [3.63, 3.8) is 0 Å². The first kappa shape index (κ1) is 15.2. The van der Waals surface area contributed by atoms with Crippen molar-refractivity contribution in [1.82, 2.24) is 10.2 Å². The third kappa shape index (κ3) is 9.73. The molecular formula is C11H24N2O3. The molecule has 2 N–H and O–H groups in total. The van der Waals surface area contributed by atoms with E-state index in [9.17, 15) is 9.90 Å². The van der Waals surface area contributed by atoms with Crippen molar-refractivity contribution in [2.24, 2.45) is 0 Å². The molecule has 0 saturated carbocycles. The molecule has 0 heterocycles. The molecule has 0 saturated heterocycles. The number of nitrogens with zero attached hydrogens (tertiary/aromatic N) is 1. The fourth-order valence-corrected chi connectivity index (χ4v) is 1.17. The molecule has 1 amide bonds. The Kier molecular flexibility index (Phi) is 6.36. The molecule has 16 heavy (non-hydrogen) atoms. The molecule has 0 rings (SSSR count). The second-order valence-corrected chi connectivity index (χ2v) is 5.13. The lowest BCUT2D eigenvalue weighted by Gasteiger charge is -2.20. The van der Waals surface area contributed by atoms with Gasteiger partial charge in [-0.3, -0.25) is 0 Å². The van der Waals surface area contributed by atoms with Crippen LogP contribution in [0.25, 0.3) is 0 Å². The fraction of sp³-hybridized carbons (Fsp3) is 0.909. The van der Waals surface area contributed by atoms with Crippen LogP contribution in [0.15, 0.2) is 0 Å². The maximum Gasteiger partial charge on any atom is 0.407 e. The Morgan fingerprint density at radius 3 is 2.44 bits per heavy atom. The zero-order chi connectivity index (χ0) is 12.8. The predicted molar refractivity (Wildman–Crippen MR) is 63.4 cm³/mol. The molecule has 0 radical (unpaired) electrons. The number of ether oxygens (including phenoxy) is 1. The average Bonchev–Trinajstić information content (AvgIpc) is 1.98. The SMILES string of the molecule is CN(C)CC(O)CCNC(=O)OC(C)(C)C. The van der Waals surface area contributed by atoms with Crippen LogP contribution in [0.1, 0.15) is 27.2 Å². The zero-order valence-corrected chi connectivity index (χ0v) is 10.9. The Labute approximate surface area is 97.8 Å². The molecule has 0 aliphatic rings. The zero-order valence-electron chi connectivity index (χ0n) is 10.9. The maximum atomic E-state index is 11.2. The lowest BCUT2D eigenvalue weighted by molar-refractivity contribution is 0.0515. The Hall–Kier alpha value is -0.810. The molecule has 0 spiro atoms. The monoisotopic (exact) mass is 232 g/mol. The molecule has 0 aromatic rings. The van der Waals surface area contributed by atoms with E-state index < -0.39 is 17.8 Å². The van der Waals surface area contributed by atoms with Gasteiger partial charge in [-0.25, -0.2) is 4.79 Å². The van der Waals surface area contributed by atoms with E-state index in [0.29, 0.717) is 19.5 Å². The van der Waals surface area contributed by atoms with E-state index in [4.69, 9.17) is 4.74 Å². The van der Waals surface area contributed by atoms with E-state index in [1.54, 1.807) is 0 Å². The summed E-state index contributed by atoms with van der Waals surface area (Å²) in [6, 6.07) is 0. The van der Waals surface area contributed by atoms with Crippen molar-refractivity contribution in [2.45, 2.75) is 38.9 Å². The average molecular weight is 232 g/mol. The largest absolute Gasteiger partial charge is 0.444 e. The molecule has 1 unspecified atom stereocenters. The summed E-state index contributed by atoms with van der Waals surface area (Å²) in [7, 11) is 3.79. The number of carbonyl (C=O) groups is 1. The van der Waals surface area contributed by atoms with E-state index >= 15 is 0 Å². The van der Waals surface area contributed by atoms with Crippen molar-refractivity contribution in [1.29, 1.82) is 0 Å². The van der Waals surface area contributed by atoms with Crippen LogP contribution in [0.4, 0.5) is 4.79 Å². The summed E-state index contributed by atoms with van der Waals surface area (Å²) in [6.07, 6.45) is -0.341. The molecule has 0 bridgehead atoms. The van der Waals surface area contributed by atoms with Crippen molar-refractivity contribution < 1.29 is 14.6 Å². The number of rotatable bonds is 5. The number of aliphatic hydroxyl groups excluding tert-OH is 1. The van der Waals surface area contributed by atoms with Gasteiger partial charge in [-0.2, -0.15) is 0 Å². The van der Waals surface area contributed by atoms with Crippen LogP contribution in [0, 0.1) is 0 Å². The number of amides is 1. The van der Waals surface area contributed by atoms with Crippen LogP contribution < -0.4 is 5.32 Å². The van der Waals surface area contributed by atoms with E-state index in [-0.39, 0.29) is 0 Å². The van der Waals surface area contributed by atoms with Crippen LogP contribution in [0.2, 0.25) is 0 Å². The van der Waals surface area contributed by atoms with E-state index in [0.717, 1.165) is 0 Å². The highest BCUT2D eigenvalue weighted by molar-refractivity contribution is 5.67. The summed E-state index contributed by atoms with van der Waals surface area (Å²) in [5.74, 6) is 0. The maximum absolute atomic E-state index is 11.2. The van der Waals surface area contributed by atoms with Crippen LogP contribution in [-0.2, 0) is 4.74 Å². The first-order chi connectivity index (χ1) is 7.20. The minimum atomic E-state index is -0.480. The summed E-state index contributed by atoms with van der Waals surface area (Å²) in [5, 5.41) is 12.1. The van der Waals surface area contributed by atoms with Gasteiger partial charge >= 0.3 is 6.09 Å². The van der Waals surface area contributed by atoms with E-state index in [2.05, 4.69) is 5.32 Å². The van der Waals surface area contributed by atoms with Crippen molar-refractivity contribution in [3.8, 4) is 0 Å². The minimum absolute atomic E-state index is 0.421. The van der Waals surface area contributed by atoms with Gasteiger partial charge in [0, 0.05) is 13.1 Å². The molecule has 5 nitrogen and oxygen atoms in total. The number of hydrogen-bond donors (Lipinski definition) is 2. The number of aliphatic hydroxyl groups is 1. The number of nitrogens with one attached hydrogen (secondary N) is 1. The summed E-state index contributed by atoms with van der Waals surface area (Å²) in [5.41, 5.74) is -0.480. The standard InChI is InChI=1S/C11H24N2O3/c1-11(2,3)16-10(15)12-7-6-9(14)8-13(4)5/h9,14H,6-8H2,1-5H3,(H,12,15). The Bertz CT molecular complexity index is 212. The van der Waals surface area contributed by atoms with Gasteiger partial charge < -0.3 is 20.1 Å².